The Morgan fingerprint density at radius 2 is 2.29 bits per heavy atom. The fourth-order valence-corrected chi connectivity index (χ4v) is 2.84. The van der Waals surface area contributed by atoms with Crippen LogP contribution in [-0.4, -0.2) is 55.4 Å². The summed E-state index contributed by atoms with van der Waals surface area (Å²) in [4.78, 5) is 13.3. The Hall–Kier alpha value is -0.650. The summed E-state index contributed by atoms with van der Waals surface area (Å²) in [6, 6.07) is 0. The molecule has 1 atom stereocenters. The Morgan fingerprint density at radius 1 is 1.53 bits per heavy atom. The Labute approximate surface area is 102 Å². The molecule has 2 saturated heterocycles. The molecule has 0 spiro atoms. The summed E-state index contributed by atoms with van der Waals surface area (Å²) in [6.07, 6.45) is 2.68. The SMILES string of the molecule is NC(=O)CC1CCCN(CC2(CO)COC2)C1. The minimum Gasteiger partial charge on any atom is -0.396 e. The molecule has 1 unspecified atom stereocenters. The molecule has 0 bridgehead atoms. The minimum absolute atomic E-state index is 0.0609. The highest BCUT2D eigenvalue weighted by atomic mass is 16.5. The van der Waals surface area contributed by atoms with E-state index in [0.29, 0.717) is 25.6 Å². The summed E-state index contributed by atoms with van der Waals surface area (Å²) in [5.74, 6) is 0.179. The van der Waals surface area contributed by atoms with Crippen LogP contribution in [0.2, 0.25) is 0 Å². The second-order valence-corrected chi connectivity index (χ2v) is 5.56. The zero-order chi connectivity index (χ0) is 12.3. The Kier molecular flexibility index (Phi) is 4.01. The van der Waals surface area contributed by atoms with Gasteiger partial charge in [0.05, 0.1) is 25.2 Å². The summed E-state index contributed by atoms with van der Waals surface area (Å²) < 4.78 is 5.20. The first-order chi connectivity index (χ1) is 8.13. The molecule has 98 valence electrons. The van der Waals surface area contributed by atoms with Crippen LogP contribution in [0.1, 0.15) is 19.3 Å². The van der Waals surface area contributed by atoms with Gasteiger partial charge in [0, 0.05) is 19.5 Å². The van der Waals surface area contributed by atoms with Crippen LogP contribution in [0.4, 0.5) is 0 Å². The molecule has 2 aliphatic rings. The van der Waals surface area contributed by atoms with E-state index in [4.69, 9.17) is 10.5 Å². The van der Waals surface area contributed by atoms with Crippen molar-refractivity contribution in [2.45, 2.75) is 19.3 Å². The largest absolute Gasteiger partial charge is 0.396 e. The molecule has 0 aromatic rings. The highest BCUT2D eigenvalue weighted by molar-refractivity contribution is 5.74. The van der Waals surface area contributed by atoms with Crippen LogP contribution in [0.3, 0.4) is 0 Å². The Bertz CT molecular complexity index is 273. The monoisotopic (exact) mass is 242 g/mol. The van der Waals surface area contributed by atoms with Crippen molar-refractivity contribution in [2.24, 2.45) is 17.1 Å². The summed E-state index contributed by atoms with van der Waals surface area (Å²) in [5, 5.41) is 9.40. The Morgan fingerprint density at radius 3 is 2.82 bits per heavy atom. The van der Waals surface area contributed by atoms with Crippen LogP contribution in [0, 0.1) is 11.3 Å². The maximum Gasteiger partial charge on any atom is 0.217 e. The number of ether oxygens (including phenoxy) is 1. The number of amides is 1. The second-order valence-electron chi connectivity index (χ2n) is 5.56. The third-order valence-corrected chi connectivity index (χ3v) is 3.80. The summed E-state index contributed by atoms with van der Waals surface area (Å²) in [7, 11) is 0. The molecule has 5 heteroatoms. The number of aliphatic hydroxyl groups is 1. The number of carbonyl (C=O) groups is 1. The van der Waals surface area contributed by atoms with Crippen LogP contribution >= 0.6 is 0 Å². The molecule has 0 saturated carbocycles. The molecule has 2 rings (SSSR count). The molecule has 3 N–H and O–H groups in total. The van der Waals surface area contributed by atoms with E-state index in [-0.39, 0.29) is 17.9 Å². The van der Waals surface area contributed by atoms with Gasteiger partial charge < -0.3 is 20.5 Å². The van der Waals surface area contributed by atoms with Crippen molar-refractivity contribution in [3.05, 3.63) is 0 Å². The topological polar surface area (TPSA) is 75.8 Å². The van der Waals surface area contributed by atoms with E-state index in [2.05, 4.69) is 4.90 Å². The first kappa shape index (κ1) is 12.8. The molecule has 2 aliphatic heterocycles. The second kappa shape index (κ2) is 5.33. The number of aliphatic hydroxyl groups excluding tert-OH is 1. The van der Waals surface area contributed by atoms with E-state index >= 15 is 0 Å². The third-order valence-electron chi connectivity index (χ3n) is 3.80. The smallest absolute Gasteiger partial charge is 0.217 e. The lowest BCUT2D eigenvalue weighted by molar-refractivity contribution is -0.151. The van der Waals surface area contributed by atoms with E-state index in [9.17, 15) is 9.90 Å². The molecule has 1 amide bonds. The van der Waals surface area contributed by atoms with Gasteiger partial charge in [0.2, 0.25) is 5.91 Å². The first-order valence-electron chi connectivity index (χ1n) is 6.33. The Balaban J connectivity index is 1.82. The molecular formula is C12H22N2O3. The van der Waals surface area contributed by atoms with Crippen LogP contribution < -0.4 is 5.73 Å². The number of primary amides is 1. The van der Waals surface area contributed by atoms with E-state index < -0.39 is 0 Å². The van der Waals surface area contributed by atoms with Gasteiger partial charge in [0.15, 0.2) is 0 Å². The number of likely N-dealkylation sites (tertiary alicyclic amines) is 1. The molecule has 0 aromatic heterocycles. The fraction of sp³-hybridized carbons (Fsp3) is 0.917. The summed E-state index contributed by atoms with van der Waals surface area (Å²) >= 11 is 0. The number of nitrogens with zero attached hydrogens (tertiary/aromatic N) is 1. The van der Waals surface area contributed by atoms with Gasteiger partial charge in [-0.15, -0.1) is 0 Å². The predicted octanol–water partition coefficient (Wildman–Crippen LogP) is -0.417. The van der Waals surface area contributed by atoms with Crippen molar-refractivity contribution in [2.75, 3.05) is 39.5 Å². The third kappa shape index (κ3) is 3.18. The van der Waals surface area contributed by atoms with E-state index in [1.54, 1.807) is 0 Å². The zero-order valence-corrected chi connectivity index (χ0v) is 10.2. The predicted molar refractivity (Wildman–Crippen MR) is 63.3 cm³/mol. The van der Waals surface area contributed by atoms with Crippen molar-refractivity contribution < 1.29 is 14.6 Å². The molecule has 2 heterocycles. The number of nitrogens with two attached hydrogens (primary N) is 1. The standard InChI is InChI=1S/C12H22N2O3/c13-11(16)4-10-2-1-3-14(5-10)6-12(7-15)8-17-9-12/h10,15H,1-9H2,(H2,13,16). The molecular weight excluding hydrogens is 220 g/mol. The van der Waals surface area contributed by atoms with Crippen LogP contribution in [-0.2, 0) is 9.53 Å². The maximum absolute atomic E-state index is 10.9. The van der Waals surface area contributed by atoms with E-state index in [1.165, 1.54) is 0 Å². The average molecular weight is 242 g/mol. The van der Waals surface area contributed by atoms with E-state index in [0.717, 1.165) is 32.5 Å². The van der Waals surface area contributed by atoms with Crippen molar-refractivity contribution in [3.8, 4) is 0 Å². The highest BCUT2D eigenvalue weighted by Gasteiger charge is 2.40. The van der Waals surface area contributed by atoms with Gasteiger partial charge in [-0.1, -0.05) is 0 Å². The number of carbonyl (C=O) groups excluding carboxylic acids is 1. The molecule has 0 radical (unpaired) electrons. The molecule has 0 aromatic carbocycles. The highest BCUT2D eigenvalue weighted by Crippen LogP contribution is 2.30. The average Bonchev–Trinajstić information content (AvgIpc) is 2.23. The van der Waals surface area contributed by atoms with Gasteiger partial charge in [0.1, 0.15) is 0 Å². The zero-order valence-electron chi connectivity index (χ0n) is 10.2. The van der Waals surface area contributed by atoms with Crippen LogP contribution in [0.15, 0.2) is 0 Å². The lowest BCUT2D eigenvalue weighted by atomic mass is 9.84. The number of hydrogen-bond acceptors (Lipinski definition) is 4. The first-order valence-corrected chi connectivity index (χ1v) is 6.33. The quantitative estimate of drug-likeness (QED) is 0.687. The molecule has 5 nitrogen and oxygen atoms in total. The van der Waals surface area contributed by atoms with E-state index in [1.807, 2.05) is 0 Å². The molecule has 2 fully saturated rings. The summed E-state index contributed by atoms with van der Waals surface area (Å²) in [6.45, 7) is 4.34. The molecule has 17 heavy (non-hydrogen) atoms. The lowest BCUT2D eigenvalue weighted by Crippen LogP contribution is -2.54. The van der Waals surface area contributed by atoms with Gasteiger partial charge in [0.25, 0.3) is 0 Å². The fourth-order valence-electron chi connectivity index (χ4n) is 2.84. The number of piperidine rings is 1. The van der Waals surface area contributed by atoms with Crippen LogP contribution in [0.25, 0.3) is 0 Å². The van der Waals surface area contributed by atoms with Gasteiger partial charge in [-0.05, 0) is 25.3 Å². The van der Waals surface area contributed by atoms with Crippen molar-refractivity contribution in [1.82, 2.24) is 4.90 Å². The summed E-state index contributed by atoms with van der Waals surface area (Å²) in [5.41, 5.74) is 5.18. The number of hydrogen-bond donors (Lipinski definition) is 2. The maximum atomic E-state index is 10.9. The van der Waals surface area contributed by atoms with Crippen molar-refractivity contribution in [1.29, 1.82) is 0 Å². The van der Waals surface area contributed by atoms with Gasteiger partial charge in [-0.3, -0.25) is 4.79 Å². The minimum atomic E-state index is -0.208. The van der Waals surface area contributed by atoms with Gasteiger partial charge in [-0.25, -0.2) is 0 Å². The van der Waals surface area contributed by atoms with Crippen molar-refractivity contribution in [3.63, 3.8) is 0 Å². The lowest BCUT2D eigenvalue weighted by Gasteiger charge is -2.45. The normalized spacial score (nSPS) is 28.6. The molecule has 0 aliphatic carbocycles. The van der Waals surface area contributed by atoms with Gasteiger partial charge >= 0.3 is 0 Å². The van der Waals surface area contributed by atoms with Crippen LogP contribution in [0.5, 0.6) is 0 Å². The number of rotatable bonds is 5. The van der Waals surface area contributed by atoms with Crippen molar-refractivity contribution >= 4 is 5.91 Å². The van der Waals surface area contributed by atoms with Gasteiger partial charge in [-0.2, -0.15) is 0 Å².